The van der Waals surface area contributed by atoms with Crippen molar-refractivity contribution in [2.75, 3.05) is 32.8 Å². The van der Waals surface area contributed by atoms with Crippen LogP contribution in [-0.2, 0) is 4.74 Å². The molecular formula is C11H18N4O. The SMILES string of the molecule is N#CCC1(CN=C(N)N2CCOCC2)CC1. The van der Waals surface area contributed by atoms with Crippen LogP contribution in [0.5, 0.6) is 0 Å². The van der Waals surface area contributed by atoms with E-state index in [-0.39, 0.29) is 5.41 Å². The summed E-state index contributed by atoms with van der Waals surface area (Å²) in [6, 6.07) is 2.23. The van der Waals surface area contributed by atoms with Gasteiger partial charge in [0, 0.05) is 31.5 Å². The molecule has 1 aliphatic carbocycles. The van der Waals surface area contributed by atoms with Crippen LogP contribution in [0.15, 0.2) is 4.99 Å². The number of nitrogens with two attached hydrogens (primary N) is 1. The van der Waals surface area contributed by atoms with Gasteiger partial charge in [0.2, 0.25) is 0 Å². The predicted octanol–water partition coefficient (Wildman–Crippen LogP) is 0.327. The third kappa shape index (κ3) is 2.64. The lowest BCUT2D eigenvalue weighted by atomic mass is 10.0. The second kappa shape index (κ2) is 4.71. The highest BCUT2D eigenvalue weighted by Crippen LogP contribution is 2.48. The Morgan fingerprint density at radius 1 is 1.44 bits per heavy atom. The fourth-order valence-corrected chi connectivity index (χ4v) is 1.88. The van der Waals surface area contributed by atoms with Gasteiger partial charge in [0.25, 0.3) is 0 Å². The minimum Gasteiger partial charge on any atom is -0.378 e. The molecule has 0 atom stereocenters. The van der Waals surface area contributed by atoms with Crippen molar-refractivity contribution in [3.05, 3.63) is 0 Å². The second-order valence-corrected chi connectivity index (χ2v) is 4.61. The first-order chi connectivity index (χ1) is 7.76. The Bertz CT molecular complexity index is 310. The van der Waals surface area contributed by atoms with Crippen molar-refractivity contribution in [3.8, 4) is 6.07 Å². The van der Waals surface area contributed by atoms with E-state index in [2.05, 4.69) is 11.1 Å². The van der Waals surface area contributed by atoms with Crippen molar-refractivity contribution in [2.45, 2.75) is 19.3 Å². The van der Waals surface area contributed by atoms with Crippen molar-refractivity contribution >= 4 is 5.96 Å². The largest absolute Gasteiger partial charge is 0.378 e. The van der Waals surface area contributed by atoms with Crippen LogP contribution in [-0.4, -0.2) is 43.7 Å². The van der Waals surface area contributed by atoms with Gasteiger partial charge in [-0.2, -0.15) is 5.26 Å². The smallest absolute Gasteiger partial charge is 0.191 e. The lowest BCUT2D eigenvalue weighted by molar-refractivity contribution is 0.0674. The second-order valence-electron chi connectivity index (χ2n) is 4.61. The molecule has 0 amide bonds. The fraction of sp³-hybridized carbons (Fsp3) is 0.818. The molecule has 0 radical (unpaired) electrons. The first kappa shape index (κ1) is 11.2. The molecule has 2 fully saturated rings. The van der Waals surface area contributed by atoms with Gasteiger partial charge in [0.05, 0.1) is 19.3 Å². The molecule has 0 bridgehead atoms. The van der Waals surface area contributed by atoms with Crippen molar-refractivity contribution in [3.63, 3.8) is 0 Å². The summed E-state index contributed by atoms with van der Waals surface area (Å²) in [4.78, 5) is 6.46. The van der Waals surface area contributed by atoms with Crippen molar-refractivity contribution in [1.29, 1.82) is 5.26 Å². The molecule has 2 rings (SSSR count). The number of morpholine rings is 1. The van der Waals surface area contributed by atoms with E-state index in [0.717, 1.165) is 39.1 Å². The average Bonchev–Trinajstić information content (AvgIpc) is 3.08. The first-order valence-corrected chi connectivity index (χ1v) is 5.75. The molecular weight excluding hydrogens is 204 g/mol. The van der Waals surface area contributed by atoms with E-state index in [0.29, 0.717) is 18.9 Å². The normalized spacial score (nSPS) is 23.9. The quantitative estimate of drug-likeness (QED) is 0.551. The summed E-state index contributed by atoms with van der Waals surface area (Å²) < 4.78 is 5.25. The van der Waals surface area contributed by atoms with Crippen LogP contribution in [0.1, 0.15) is 19.3 Å². The van der Waals surface area contributed by atoms with Gasteiger partial charge < -0.3 is 15.4 Å². The van der Waals surface area contributed by atoms with Crippen LogP contribution in [0.4, 0.5) is 0 Å². The Morgan fingerprint density at radius 2 is 2.12 bits per heavy atom. The number of rotatable bonds is 3. The molecule has 0 aromatic rings. The monoisotopic (exact) mass is 222 g/mol. The summed E-state index contributed by atoms with van der Waals surface area (Å²) in [5.41, 5.74) is 6.06. The van der Waals surface area contributed by atoms with E-state index in [4.69, 9.17) is 15.7 Å². The summed E-state index contributed by atoms with van der Waals surface area (Å²) in [7, 11) is 0. The summed E-state index contributed by atoms with van der Waals surface area (Å²) in [6.45, 7) is 3.78. The average molecular weight is 222 g/mol. The van der Waals surface area contributed by atoms with Crippen LogP contribution >= 0.6 is 0 Å². The summed E-state index contributed by atoms with van der Waals surface area (Å²) in [5, 5.41) is 8.70. The van der Waals surface area contributed by atoms with Gasteiger partial charge in [0.1, 0.15) is 0 Å². The molecule has 0 spiro atoms. The molecule has 1 saturated carbocycles. The first-order valence-electron chi connectivity index (χ1n) is 5.75. The highest BCUT2D eigenvalue weighted by Gasteiger charge is 2.42. The minimum atomic E-state index is 0.145. The Hall–Kier alpha value is -1.28. The van der Waals surface area contributed by atoms with Crippen molar-refractivity contribution < 1.29 is 4.74 Å². The molecule has 2 aliphatic rings. The molecule has 16 heavy (non-hydrogen) atoms. The molecule has 5 heteroatoms. The van der Waals surface area contributed by atoms with E-state index < -0.39 is 0 Å². The van der Waals surface area contributed by atoms with Gasteiger partial charge in [-0.3, -0.25) is 4.99 Å². The van der Waals surface area contributed by atoms with E-state index in [1.807, 2.05) is 4.90 Å². The molecule has 0 unspecified atom stereocenters. The maximum Gasteiger partial charge on any atom is 0.191 e. The number of ether oxygens (including phenoxy) is 1. The molecule has 1 saturated heterocycles. The number of nitriles is 1. The molecule has 88 valence electrons. The number of hydrogen-bond donors (Lipinski definition) is 1. The Labute approximate surface area is 95.9 Å². The van der Waals surface area contributed by atoms with Crippen LogP contribution in [0.3, 0.4) is 0 Å². The van der Waals surface area contributed by atoms with Gasteiger partial charge in [-0.25, -0.2) is 0 Å². The predicted molar refractivity (Wildman–Crippen MR) is 60.8 cm³/mol. The van der Waals surface area contributed by atoms with Crippen LogP contribution in [0.2, 0.25) is 0 Å². The Kier molecular flexibility index (Phi) is 3.30. The summed E-state index contributed by atoms with van der Waals surface area (Å²) in [5.74, 6) is 0.604. The van der Waals surface area contributed by atoms with E-state index >= 15 is 0 Å². The van der Waals surface area contributed by atoms with Crippen LogP contribution in [0.25, 0.3) is 0 Å². The van der Waals surface area contributed by atoms with E-state index in [1.165, 1.54) is 0 Å². The Balaban J connectivity index is 1.84. The van der Waals surface area contributed by atoms with Crippen molar-refractivity contribution in [2.24, 2.45) is 16.1 Å². The standard InChI is InChI=1S/C11H18N4O/c12-4-3-11(1-2-11)9-14-10(13)15-5-7-16-8-6-15/h1-3,5-9H2,(H2,13,14). The summed E-state index contributed by atoms with van der Waals surface area (Å²) >= 11 is 0. The number of aliphatic imine (C=N–C) groups is 1. The number of guanidine groups is 1. The van der Waals surface area contributed by atoms with Gasteiger partial charge in [-0.15, -0.1) is 0 Å². The zero-order valence-electron chi connectivity index (χ0n) is 9.48. The van der Waals surface area contributed by atoms with Gasteiger partial charge >= 0.3 is 0 Å². The van der Waals surface area contributed by atoms with Crippen molar-refractivity contribution in [1.82, 2.24) is 4.90 Å². The van der Waals surface area contributed by atoms with Crippen LogP contribution in [0, 0.1) is 16.7 Å². The van der Waals surface area contributed by atoms with Gasteiger partial charge in [-0.05, 0) is 12.8 Å². The molecule has 0 aromatic carbocycles. The molecule has 5 nitrogen and oxygen atoms in total. The zero-order chi connectivity index (χ0) is 11.4. The lowest BCUT2D eigenvalue weighted by Gasteiger charge is -2.27. The van der Waals surface area contributed by atoms with Gasteiger partial charge in [0.15, 0.2) is 5.96 Å². The minimum absolute atomic E-state index is 0.145. The fourth-order valence-electron chi connectivity index (χ4n) is 1.88. The third-order valence-electron chi connectivity index (χ3n) is 3.32. The van der Waals surface area contributed by atoms with Crippen LogP contribution < -0.4 is 5.73 Å². The highest BCUT2D eigenvalue weighted by molar-refractivity contribution is 5.78. The Morgan fingerprint density at radius 3 is 2.69 bits per heavy atom. The van der Waals surface area contributed by atoms with E-state index in [1.54, 1.807) is 0 Å². The maximum absolute atomic E-state index is 8.70. The molecule has 0 aromatic heterocycles. The topological polar surface area (TPSA) is 74.6 Å². The molecule has 1 heterocycles. The maximum atomic E-state index is 8.70. The molecule has 1 aliphatic heterocycles. The van der Waals surface area contributed by atoms with E-state index in [9.17, 15) is 0 Å². The third-order valence-corrected chi connectivity index (χ3v) is 3.32. The number of nitrogens with zero attached hydrogens (tertiary/aromatic N) is 3. The summed E-state index contributed by atoms with van der Waals surface area (Å²) in [6.07, 6.45) is 2.83. The zero-order valence-corrected chi connectivity index (χ0v) is 9.48. The lowest BCUT2D eigenvalue weighted by Crippen LogP contribution is -2.45. The number of hydrogen-bond acceptors (Lipinski definition) is 3. The highest BCUT2D eigenvalue weighted by atomic mass is 16.5. The van der Waals surface area contributed by atoms with Gasteiger partial charge in [-0.1, -0.05) is 0 Å². The molecule has 2 N–H and O–H groups in total.